The number of aliphatic hydroxyl groups is 1. The summed E-state index contributed by atoms with van der Waals surface area (Å²) in [6.07, 6.45) is 4.05. The molecule has 3 amide bonds. The molecule has 4 unspecified atom stereocenters. The van der Waals surface area contributed by atoms with E-state index in [-0.39, 0.29) is 30.4 Å². The van der Waals surface area contributed by atoms with Crippen LogP contribution in [-0.2, 0) is 27.2 Å². The largest absolute Gasteiger partial charge is 0.489 e. The molecule has 1 aliphatic carbocycles. The van der Waals surface area contributed by atoms with E-state index in [1.165, 1.54) is 24.4 Å². The summed E-state index contributed by atoms with van der Waals surface area (Å²) >= 11 is 0. The van der Waals surface area contributed by atoms with Crippen LogP contribution in [0.3, 0.4) is 0 Å². The van der Waals surface area contributed by atoms with Crippen LogP contribution in [0, 0.1) is 5.92 Å². The lowest BCUT2D eigenvalue weighted by atomic mass is 9.97. The summed E-state index contributed by atoms with van der Waals surface area (Å²) in [6.45, 7) is 2.28. The van der Waals surface area contributed by atoms with Crippen LogP contribution in [0.15, 0.2) is 18.2 Å². The van der Waals surface area contributed by atoms with Crippen molar-refractivity contribution in [2.45, 2.75) is 69.7 Å². The van der Waals surface area contributed by atoms with Crippen molar-refractivity contribution in [2.24, 2.45) is 5.92 Å². The number of amides is 3. The van der Waals surface area contributed by atoms with Crippen molar-refractivity contribution in [3.05, 3.63) is 29.3 Å². The van der Waals surface area contributed by atoms with Gasteiger partial charge in [0, 0.05) is 20.1 Å². The maximum absolute atomic E-state index is 13.4. The molecule has 2 aliphatic heterocycles. The number of para-hydroxylation sites is 1. The maximum atomic E-state index is 13.4. The molecule has 9 nitrogen and oxygen atoms in total. The number of carbonyl (C=O) groups excluding carboxylic acids is 3. The highest BCUT2D eigenvalue weighted by molar-refractivity contribution is 5.92. The lowest BCUT2D eigenvalue weighted by Crippen LogP contribution is -2.59. The first-order valence-corrected chi connectivity index (χ1v) is 12.3. The van der Waals surface area contributed by atoms with Crippen LogP contribution in [0.4, 0.5) is 0 Å². The smallest absolute Gasteiger partial charge is 0.245 e. The number of rotatable bonds is 2. The van der Waals surface area contributed by atoms with Crippen LogP contribution in [-0.4, -0.2) is 78.7 Å². The summed E-state index contributed by atoms with van der Waals surface area (Å²) in [5, 5.41) is 19.1. The first-order valence-electron chi connectivity index (χ1n) is 12.3. The Hall–Kier alpha value is -2.65. The van der Waals surface area contributed by atoms with Crippen LogP contribution in [0.2, 0.25) is 0 Å². The Balaban J connectivity index is 1.56. The summed E-state index contributed by atoms with van der Waals surface area (Å²) < 4.78 is 6.39. The highest BCUT2D eigenvalue weighted by Gasteiger charge is 2.41. The van der Waals surface area contributed by atoms with E-state index in [0.717, 1.165) is 49.8 Å². The normalized spacial score (nSPS) is 28.1. The summed E-state index contributed by atoms with van der Waals surface area (Å²) in [6, 6.07) is 4.69. The molecule has 0 radical (unpaired) electrons. The number of aliphatic hydroxyl groups excluding tert-OH is 1. The van der Waals surface area contributed by atoms with Gasteiger partial charge in [0.05, 0.1) is 18.7 Å². The van der Waals surface area contributed by atoms with E-state index in [1.54, 1.807) is 0 Å². The van der Waals surface area contributed by atoms with Gasteiger partial charge in [0.25, 0.3) is 0 Å². The van der Waals surface area contributed by atoms with Gasteiger partial charge in [-0.25, -0.2) is 0 Å². The zero-order valence-electron chi connectivity index (χ0n) is 20.0. The van der Waals surface area contributed by atoms with E-state index in [4.69, 9.17) is 4.74 Å². The molecule has 2 heterocycles. The van der Waals surface area contributed by atoms with E-state index in [0.29, 0.717) is 13.1 Å². The first-order chi connectivity index (χ1) is 16.3. The van der Waals surface area contributed by atoms with E-state index in [2.05, 4.69) is 28.1 Å². The summed E-state index contributed by atoms with van der Waals surface area (Å²) in [5.41, 5.74) is 2.32. The fourth-order valence-corrected chi connectivity index (χ4v) is 4.93. The number of nitrogens with one attached hydrogen (secondary N) is 3. The van der Waals surface area contributed by atoms with Gasteiger partial charge in [-0.05, 0) is 62.5 Å². The van der Waals surface area contributed by atoms with Crippen LogP contribution in [0.1, 0.15) is 43.7 Å². The Labute approximate surface area is 200 Å². The van der Waals surface area contributed by atoms with Crippen molar-refractivity contribution in [3.8, 4) is 5.75 Å². The molecule has 4 N–H and O–H groups in total. The summed E-state index contributed by atoms with van der Waals surface area (Å²) in [4.78, 5) is 39.8. The molecule has 1 fully saturated rings. The predicted molar refractivity (Wildman–Crippen MR) is 126 cm³/mol. The standard InChI is InChI=1S/C25H36N4O5/c1-15(30)22-24(32)28-14-20(31)26-12-4-7-17-5-3-6-18-10-11-19(34-23(17)18)13-27-21(16-8-9-16)25(33)29(22)2/h3,5-6,15-16,19,21-22,27,30H,4,7-14H2,1-2H3,(H,26,31)(H,28,32). The highest BCUT2D eigenvalue weighted by Crippen LogP contribution is 2.35. The Morgan fingerprint density at radius 2 is 1.82 bits per heavy atom. The third-order valence-corrected chi connectivity index (χ3v) is 6.98. The molecule has 9 heteroatoms. The number of ether oxygens (including phenoxy) is 1. The number of carbonyl (C=O) groups is 3. The van der Waals surface area contributed by atoms with Crippen LogP contribution in [0.5, 0.6) is 5.75 Å². The van der Waals surface area contributed by atoms with Gasteiger partial charge >= 0.3 is 0 Å². The molecule has 1 saturated carbocycles. The Bertz CT molecular complexity index is 917. The molecule has 34 heavy (non-hydrogen) atoms. The topological polar surface area (TPSA) is 120 Å². The number of nitrogens with zero attached hydrogens (tertiary/aromatic N) is 1. The molecular formula is C25H36N4O5. The zero-order valence-corrected chi connectivity index (χ0v) is 20.0. The minimum atomic E-state index is -1.08. The van der Waals surface area contributed by atoms with E-state index < -0.39 is 24.1 Å². The third-order valence-electron chi connectivity index (χ3n) is 6.98. The van der Waals surface area contributed by atoms with Crippen LogP contribution < -0.4 is 20.7 Å². The first kappa shape index (κ1) is 24.5. The number of likely N-dealkylation sites (N-methyl/N-ethyl adjacent to an activating group) is 1. The van der Waals surface area contributed by atoms with Gasteiger partial charge in [0.2, 0.25) is 17.7 Å². The van der Waals surface area contributed by atoms with Gasteiger partial charge < -0.3 is 30.7 Å². The monoisotopic (exact) mass is 472 g/mol. The SMILES string of the molecule is CC(O)C1C(=O)NCC(=O)NCCCc2cccc3c2OC(CC3)CNC(C2CC2)C(=O)N1C. The molecule has 0 aromatic heterocycles. The van der Waals surface area contributed by atoms with Crippen molar-refractivity contribution in [1.29, 1.82) is 0 Å². The molecule has 1 aromatic carbocycles. The lowest BCUT2D eigenvalue weighted by molar-refractivity contribution is -0.145. The number of hydrogen-bond donors (Lipinski definition) is 4. The van der Waals surface area contributed by atoms with Crippen molar-refractivity contribution < 1.29 is 24.2 Å². The number of aryl methyl sites for hydroxylation is 2. The second-order valence-electron chi connectivity index (χ2n) is 9.71. The van der Waals surface area contributed by atoms with Crippen LogP contribution >= 0.6 is 0 Å². The molecule has 0 spiro atoms. The van der Waals surface area contributed by atoms with Gasteiger partial charge in [-0.3, -0.25) is 14.4 Å². The van der Waals surface area contributed by atoms with Gasteiger partial charge in [0.1, 0.15) is 17.9 Å². The fourth-order valence-electron chi connectivity index (χ4n) is 4.93. The average molecular weight is 473 g/mol. The Morgan fingerprint density at radius 3 is 2.53 bits per heavy atom. The molecule has 4 atom stereocenters. The van der Waals surface area contributed by atoms with Crippen molar-refractivity contribution in [3.63, 3.8) is 0 Å². The third kappa shape index (κ3) is 5.70. The van der Waals surface area contributed by atoms with Gasteiger partial charge in [0.15, 0.2) is 0 Å². The molecular weight excluding hydrogens is 436 g/mol. The van der Waals surface area contributed by atoms with Gasteiger partial charge in [-0.15, -0.1) is 0 Å². The van der Waals surface area contributed by atoms with Crippen molar-refractivity contribution >= 4 is 17.7 Å². The number of benzene rings is 1. The minimum Gasteiger partial charge on any atom is -0.489 e. The quantitative estimate of drug-likeness (QED) is 0.486. The molecule has 186 valence electrons. The van der Waals surface area contributed by atoms with E-state index in [9.17, 15) is 19.5 Å². The van der Waals surface area contributed by atoms with Gasteiger partial charge in [-0.2, -0.15) is 0 Å². The molecule has 3 aliphatic rings. The van der Waals surface area contributed by atoms with E-state index >= 15 is 0 Å². The number of hydrogen-bond acceptors (Lipinski definition) is 6. The Morgan fingerprint density at radius 1 is 1.09 bits per heavy atom. The predicted octanol–water partition coefficient (Wildman–Crippen LogP) is 0.135. The van der Waals surface area contributed by atoms with Crippen molar-refractivity contribution in [2.75, 3.05) is 26.7 Å². The second kappa shape index (κ2) is 10.7. The van der Waals surface area contributed by atoms with Crippen molar-refractivity contribution in [1.82, 2.24) is 20.9 Å². The molecule has 2 bridgehead atoms. The van der Waals surface area contributed by atoms with E-state index in [1.807, 2.05) is 6.07 Å². The maximum Gasteiger partial charge on any atom is 0.245 e. The number of fused-ring (bicyclic) bond motifs is 1. The Kier molecular flexibility index (Phi) is 7.73. The summed E-state index contributed by atoms with van der Waals surface area (Å²) in [5.74, 6) is 0.0489. The van der Waals surface area contributed by atoms with Crippen LogP contribution in [0.25, 0.3) is 0 Å². The second-order valence-corrected chi connectivity index (χ2v) is 9.71. The molecule has 0 saturated heterocycles. The highest BCUT2D eigenvalue weighted by atomic mass is 16.5. The molecule has 1 aromatic rings. The average Bonchev–Trinajstić information content (AvgIpc) is 3.65. The lowest BCUT2D eigenvalue weighted by Gasteiger charge is -2.34. The fraction of sp³-hybridized carbons (Fsp3) is 0.640. The molecule has 4 rings (SSSR count). The van der Waals surface area contributed by atoms with Gasteiger partial charge in [-0.1, -0.05) is 18.2 Å². The zero-order chi connectivity index (χ0) is 24.2. The summed E-state index contributed by atoms with van der Waals surface area (Å²) in [7, 11) is 1.54. The minimum absolute atomic E-state index is 0.0533.